The highest BCUT2D eigenvalue weighted by Crippen LogP contribution is 2.37. The van der Waals surface area contributed by atoms with Gasteiger partial charge in [0, 0.05) is 24.5 Å². The molecular formula is C14H15NO6. The molecule has 1 aliphatic heterocycles. The van der Waals surface area contributed by atoms with Crippen LogP contribution in [0.15, 0.2) is 12.1 Å². The summed E-state index contributed by atoms with van der Waals surface area (Å²) in [6, 6.07) is 2.57. The fourth-order valence-electron chi connectivity index (χ4n) is 2.26. The van der Waals surface area contributed by atoms with Crippen LogP contribution >= 0.6 is 0 Å². The Morgan fingerprint density at radius 1 is 1.24 bits per heavy atom. The standard InChI is InChI=1S/C14H15NO6/c1-7-4-12(16)15(13(7)17)9-6-11(21-3)10(20-2)5-8(9)14(18)19/h5-7H,4H2,1-3H3,(H,18,19). The largest absolute Gasteiger partial charge is 0.493 e. The molecule has 1 aromatic rings. The number of carbonyl (C=O) groups is 3. The molecule has 21 heavy (non-hydrogen) atoms. The first-order chi connectivity index (χ1) is 9.90. The molecule has 0 radical (unpaired) electrons. The maximum Gasteiger partial charge on any atom is 0.337 e. The van der Waals surface area contributed by atoms with E-state index in [4.69, 9.17) is 9.47 Å². The number of aromatic carboxylic acids is 1. The molecule has 1 fully saturated rings. The third-order valence-corrected chi connectivity index (χ3v) is 3.35. The Balaban J connectivity index is 2.64. The Morgan fingerprint density at radius 3 is 2.24 bits per heavy atom. The number of imide groups is 1. The normalized spacial score (nSPS) is 18.0. The molecule has 7 heteroatoms. The van der Waals surface area contributed by atoms with Gasteiger partial charge in [0.25, 0.3) is 0 Å². The quantitative estimate of drug-likeness (QED) is 0.841. The number of methoxy groups -OCH3 is 2. The third kappa shape index (κ3) is 2.42. The van der Waals surface area contributed by atoms with Crippen LogP contribution in [-0.4, -0.2) is 37.1 Å². The fraction of sp³-hybridized carbons (Fsp3) is 0.357. The molecule has 0 aromatic heterocycles. The number of carbonyl (C=O) groups excluding carboxylic acids is 2. The molecule has 1 atom stereocenters. The summed E-state index contributed by atoms with van der Waals surface area (Å²) < 4.78 is 10.1. The van der Waals surface area contributed by atoms with Gasteiger partial charge in [0.15, 0.2) is 11.5 Å². The second kappa shape index (κ2) is 5.43. The van der Waals surface area contributed by atoms with Gasteiger partial charge in [0.1, 0.15) is 0 Å². The van der Waals surface area contributed by atoms with Crippen LogP contribution in [0.5, 0.6) is 11.5 Å². The predicted molar refractivity (Wildman–Crippen MR) is 72.8 cm³/mol. The number of ether oxygens (including phenoxy) is 2. The summed E-state index contributed by atoms with van der Waals surface area (Å²) in [5.74, 6) is -2.11. The summed E-state index contributed by atoms with van der Waals surface area (Å²) in [5.41, 5.74) is -0.192. The molecular weight excluding hydrogens is 278 g/mol. The van der Waals surface area contributed by atoms with Crippen molar-refractivity contribution in [2.75, 3.05) is 19.1 Å². The molecule has 7 nitrogen and oxygen atoms in total. The number of hydrogen-bond acceptors (Lipinski definition) is 5. The van der Waals surface area contributed by atoms with Gasteiger partial charge in [0.05, 0.1) is 25.5 Å². The Morgan fingerprint density at radius 2 is 1.81 bits per heavy atom. The Hall–Kier alpha value is -2.57. The van der Waals surface area contributed by atoms with Gasteiger partial charge >= 0.3 is 5.97 Å². The summed E-state index contributed by atoms with van der Waals surface area (Å²) in [4.78, 5) is 36.3. The molecule has 0 bridgehead atoms. The number of nitrogens with zero attached hydrogens (tertiary/aromatic N) is 1. The van der Waals surface area contributed by atoms with Crippen molar-refractivity contribution >= 4 is 23.5 Å². The van der Waals surface area contributed by atoms with Crippen molar-refractivity contribution < 1.29 is 29.0 Å². The van der Waals surface area contributed by atoms with Crippen molar-refractivity contribution in [3.63, 3.8) is 0 Å². The molecule has 2 rings (SSSR count). The van der Waals surface area contributed by atoms with E-state index in [1.165, 1.54) is 26.4 Å². The van der Waals surface area contributed by atoms with E-state index in [-0.39, 0.29) is 29.2 Å². The second-order valence-corrected chi connectivity index (χ2v) is 4.70. The average Bonchev–Trinajstić information content (AvgIpc) is 2.70. The van der Waals surface area contributed by atoms with Crippen LogP contribution in [-0.2, 0) is 9.59 Å². The van der Waals surface area contributed by atoms with E-state index in [2.05, 4.69) is 0 Å². The summed E-state index contributed by atoms with van der Waals surface area (Å²) in [7, 11) is 2.76. The number of anilines is 1. The average molecular weight is 293 g/mol. The first kappa shape index (κ1) is 14.8. The van der Waals surface area contributed by atoms with Crippen molar-refractivity contribution in [2.24, 2.45) is 5.92 Å². The lowest BCUT2D eigenvalue weighted by Gasteiger charge is -2.19. The van der Waals surface area contributed by atoms with Crippen LogP contribution in [0.25, 0.3) is 0 Å². The second-order valence-electron chi connectivity index (χ2n) is 4.70. The van der Waals surface area contributed by atoms with Crippen LogP contribution in [0.1, 0.15) is 23.7 Å². The van der Waals surface area contributed by atoms with Gasteiger partial charge in [-0.1, -0.05) is 6.92 Å². The monoisotopic (exact) mass is 293 g/mol. The van der Waals surface area contributed by atoms with E-state index in [0.29, 0.717) is 0 Å². The van der Waals surface area contributed by atoms with Crippen LogP contribution < -0.4 is 14.4 Å². The SMILES string of the molecule is COc1cc(C(=O)O)c(N2C(=O)CC(C)C2=O)cc1OC. The first-order valence-electron chi connectivity index (χ1n) is 6.26. The first-order valence-corrected chi connectivity index (χ1v) is 6.26. The minimum absolute atomic E-state index is 0.000463. The maximum atomic E-state index is 12.1. The Bertz CT molecular complexity index is 624. The van der Waals surface area contributed by atoms with E-state index >= 15 is 0 Å². The van der Waals surface area contributed by atoms with Crippen LogP contribution in [0.3, 0.4) is 0 Å². The van der Waals surface area contributed by atoms with Crippen molar-refractivity contribution in [3.8, 4) is 11.5 Å². The predicted octanol–water partition coefficient (Wildman–Crippen LogP) is 1.30. The summed E-state index contributed by atoms with van der Waals surface area (Å²) in [5, 5.41) is 9.30. The summed E-state index contributed by atoms with van der Waals surface area (Å²) in [6.45, 7) is 1.63. The highest BCUT2D eigenvalue weighted by Gasteiger charge is 2.39. The van der Waals surface area contributed by atoms with Crippen LogP contribution in [0.2, 0.25) is 0 Å². The van der Waals surface area contributed by atoms with E-state index in [1.54, 1.807) is 6.92 Å². The minimum Gasteiger partial charge on any atom is -0.493 e. The smallest absolute Gasteiger partial charge is 0.337 e. The van der Waals surface area contributed by atoms with Crippen molar-refractivity contribution in [2.45, 2.75) is 13.3 Å². The van der Waals surface area contributed by atoms with Gasteiger partial charge in [-0.2, -0.15) is 0 Å². The summed E-state index contributed by atoms with van der Waals surface area (Å²) >= 11 is 0. The van der Waals surface area contributed by atoms with Gasteiger partial charge in [-0.05, 0) is 0 Å². The molecule has 0 spiro atoms. The molecule has 1 N–H and O–H groups in total. The topological polar surface area (TPSA) is 93.1 Å². The lowest BCUT2D eigenvalue weighted by Crippen LogP contribution is -2.31. The van der Waals surface area contributed by atoms with Crippen molar-refractivity contribution in [1.29, 1.82) is 0 Å². The molecule has 0 saturated carbocycles. The van der Waals surface area contributed by atoms with Gasteiger partial charge in [-0.15, -0.1) is 0 Å². The molecule has 1 heterocycles. The Labute approximate surface area is 121 Å². The zero-order valence-electron chi connectivity index (χ0n) is 11.9. The van der Waals surface area contributed by atoms with E-state index < -0.39 is 23.7 Å². The zero-order chi connectivity index (χ0) is 15.7. The molecule has 112 valence electrons. The highest BCUT2D eigenvalue weighted by atomic mass is 16.5. The fourth-order valence-corrected chi connectivity index (χ4v) is 2.26. The number of hydrogen-bond donors (Lipinski definition) is 1. The lowest BCUT2D eigenvalue weighted by atomic mass is 10.1. The van der Waals surface area contributed by atoms with E-state index in [1.807, 2.05) is 0 Å². The van der Waals surface area contributed by atoms with Gasteiger partial charge in [-0.25, -0.2) is 9.69 Å². The molecule has 0 aliphatic carbocycles. The van der Waals surface area contributed by atoms with Crippen molar-refractivity contribution in [3.05, 3.63) is 17.7 Å². The molecule has 1 unspecified atom stereocenters. The molecule has 1 aromatic carbocycles. The molecule has 1 saturated heterocycles. The lowest BCUT2D eigenvalue weighted by molar-refractivity contribution is -0.122. The number of carboxylic acid groups (broad SMARTS) is 1. The third-order valence-electron chi connectivity index (χ3n) is 3.35. The number of carboxylic acids is 1. The van der Waals surface area contributed by atoms with Crippen LogP contribution in [0.4, 0.5) is 5.69 Å². The van der Waals surface area contributed by atoms with Crippen LogP contribution in [0, 0.1) is 5.92 Å². The van der Waals surface area contributed by atoms with Gasteiger partial charge in [-0.3, -0.25) is 9.59 Å². The zero-order valence-corrected chi connectivity index (χ0v) is 11.9. The van der Waals surface area contributed by atoms with E-state index in [0.717, 1.165) is 4.90 Å². The van der Waals surface area contributed by atoms with Gasteiger partial charge in [0.2, 0.25) is 11.8 Å². The van der Waals surface area contributed by atoms with Gasteiger partial charge < -0.3 is 14.6 Å². The summed E-state index contributed by atoms with van der Waals surface area (Å²) in [6.07, 6.45) is 0.0617. The number of rotatable bonds is 4. The van der Waals surface area contributed by atoms with Crippen molar-refractivity contribution in [1.82, 2.24) is 0 Å². The minimum atomic E-state index is -1.26. The highest BCUT2D eigenvalue weighted by molar-refractivity contribution is 6.22. The molecule has 1 aliphatic rings. The van der Waals surface area contributed by atoms with E-state index in [9.17, 15) is 19.5 Å². The Kier molecular flexibility index (Phi) is 3.84. The number of amides is 2. The maximum absolute atomic E-state index is 12.1. The molecule has 2 amide bonds. The number of benzene rings is 1.